The molecule has 0 atom stereocenters. The minimum absolute atomic E-state index is 0.0895. The minimum atomic E-state index is -0.497. The number of rotatable bonds is 7. The Morgan fingerprint density at radius 2 is 1.68 bits per heavy atom. The van der Waals surface area contributed by atoms with Crippen molar-refractivity contribution in [3.05, 3.63) is 59.7 Å². The molecule has 3 N–H and O–H groups in total. The molecular formula is C26H31N5O2S. The van der Waals surface area contributed by atoms with E-state index in [9.17, 15) is 9.59 Å². The largest absolute Gasteiger partial charge is 0.366 e. The molecule has 4 rings (SSSR count). The van der Waals surface area contributed by atoms with E-state index >= 15 is 0 Å². The number of anilines is 1. The van der Waals surface area contributed by atoms with Crippen LogP contribution in [0.4, 0.5) is 5.69 Å². The lowest BCUT2D eigenvalue weighted by Gasteiger charge is -2.20. The van der Waals surface area contributed by atoms with Gasteiger partial charge in [0.15, 0.2) is 11.0 Å². The van der Waals surface area contributed by atoms with Gasteiger partial charge in [-0.1, -0.05) is 69.6 Å². The van der Waals surface area contributed by atoms with Crippen LogP contribution in [0.1, 0.15) is 68.4 Å². The summed E-state index contributed by atoms with van der Waals surface area (Å²) in [7, 11) is 0. The Labute approximate surface area is 204 Å². The van der Waals surface area contributed by atoms with Gasteiger partial charge in [-0.3, -0.25) is 14.2 Å². The number of nitrogens with zero attached hydrogens (tertiary/aromatic N) is 3. The van der Waals surface area contributed by atoms with Crippen molar-refractivity contribution >= 4 is 29.3 Å². The van der Waals surface area contributed by atoms with Gasteiger partial charge in [0.25, 0.3) is 0 Å². The van der Waals surface area contributed by atoms with E-state index in [1.54, 1.807) is 24.3 Å². The molecule has 1 saturated carbocycles. The van der Waals surface area contributed by atoms with Crippen LogP contribution >= 0.6 is 11.8 Å². The second kappa shape index (κ2) is 10.0. The van der Waals surface area contributed by atoms with Gasteiger partial charge in [0.05, 0.1) is 5.75 Å². The van der Waals surface area contributed by atoms with E-state index in [1.165, 1.54) is 30.2 Å². The van der Waals surface area contributed by atoms with Gasteiger partial charge in [-0.05, 0) is 48.1 Å². The van der Waals surface area contributed by atoms with Crippen molar-refractivity contribution in [2.45, 2.75) is 63.1 Å². The van der Waals surface area contributed by atoms with Crippen LogP contribution in [0.5, 0.6) is 0 Å². The topological polar surface area (TPSA) is 103 Å². The molecule has 3 aromatic rings. The third-order valence-corrected chi connectivity index (χ3v) is 7.09. The van der Waals surface area contributed by atoms with E-state index in [4.69, 9.17) is 5.73 Å². The molecule has 2 amide bonds. The van der Waals surface area contributed by atoms with Crippen LogP contribution in [-0.2, 0) is 10.2 Å². The molecule has 1 heterocycles. The summed E-state index contributed by atoms with van der Waals surface area (Å²) in [6, 6.07) is 15.4. The SMILES string of the molecule is CC(C)(C)c1ccc(-c2nnc(SCC(=O)Nc3ccc(C(N)=O)cc3)n2C2CCCC2)cc1. The summed E-state index contributed by atoms with van der Waals surface area (Å²) in [4.78, 5) is 23.8. The molecule has 0 bridgehead atoms. The lowest BCUT2D eigenvalue weighted by atomic mass is 9.86. The average Bonchev–Trinajstić information content (AvgIpc) is 3.47. The minimum Gasteiger partial charge on any atom is -0.366 e. The quantitative estimate of drug-likeness (QED) is 0.456. The Kier molecular flexibility index (Phi) is 7.07. The third-order valence-electron chi connectivity index (χ3n) is 6.15. The Morgan fingerprint density at radius 3 is 2.26 bits per heavy atom. The van der Waals surface area contributed by atoms with E-state index in [0.29, 0.717) is 17.3 Å². The van der Waals surface area contributed by atoms with Gasteiger partial charge in [-0.2, -0.15) is 0 Å². The fourth-order valence-corrected chi connectivity index (χ4v) is 5.03. The van der Waals surface area contributed by atoms with Gasteiger partial charge >= 0.3 is 0 Å². The highest BCUT2D eigenvalue weighted by molar-refractivity contribution is 7.99. The molecule has 1 aliphatic carbocycles. The lowest BCUT2D eigenvalue weighted by molar-refractivity contribution is -0.113. The Hall–Kier alpha value is -3.13. The number of carbonyl (C=O) groups is 2. The predicted molar refractivity (Wildman–Crippen MR) is 136 cm³/mol. The van der Waals surface area contributed by atoms with Crippen molar-refractivity contribution in [2.75, 3.05) is 11.1 Å². The number of aromatic nitrogens is 3. The van der Waals surface area contributed by atoms with E-state index in [0.717, 1.165) is 29.4 Å². The zero-order valence-electron chi connectivity index (χ0n) is 19.9. The van der Waals surface area contributed by atoms with Gasteiger partial charge in [0, 0.05) is 22.9 Å². The molecule has 0 spiro atoms. The highest BCUT2D eigenvalue weighted by Crippen LogP contribution is 2.37. The molecule has 8 heteroatoms. The van der Waals surface area contributed by atoms with Crippen LogP contribution < -0.4 is 11.1 Å². The molecule has 0 saturated heterocycles. The van der Waals surface area contributed by atoms with Gasteiger partial charge in [0.2, 0.25) is 11.8 Å². The number of nitrogens with two attached hydrogens (primary N) is 1. The van der Waals surface area contributed by atoms with Gasteiger partial charge in [-0.25, -0.2) is 0 Å². The van der Waals surface area contributed by atoms with Gasteiger partial charge < -0.3 is 11.1 Å². The summed E-state index contributed by atoms with van der Waals surface area (Å²) in [5.74, 6) is 0.431. The van der Waals surface area contributed by atoms with Crippen LogP contribution in [0.25, 0.3) is 11.4 Å². The third kappa shape index (κ3) is 5.50. The van der Waals surface area contributed by atoms with E-state index in [1.807, 2.05) is 0 Å². The average molecular weight is 478 g/mol. The number of primary amides is 1. The number of hydrogen-bond donors (Lipinski definition) is 2. The molecule has 1 fully saturated rings. The van der Waals surface area contributed by atoms with Crippen LogP contribution in [0.3, 0.4) is 0 Å². The molecule has 1 aliphatic rings. The van der Waals surface area contributed by atoms with Crippen LogP contribution in [0.2, 0.25) is 0 Å². The first-order valence-corrected chi connectivity index (χ1v) is 12.6. The van der Waals surface area contributed by atoms with Crippen molar-refractivity contribution in [3.8, 4) is 11.4 Å². The molecule has 178 valence electrons. The highest BCUT2D eigenvalue weighted by Gasteiger charge is 2.25. The zero-order chi connectivity index (χ0) is 24.3. The molecule has 34 heavy (non-hydrogen) atoms. The Bertz CT molecular complexity index is 1160. The first-order valence-electron chi connectivity index (χ1n) is 11.6. The summed E-state index contributed by atoms with van der Waals surface area (Å²) >= 11 is 1.40. The van der Waals surface area contributed by atoms with Crippen molar-refractivity contribution in [3.63, 3.8) is 0 Å². The number of carbonyl (C=O) groups excluding carboxylic acids is 2. The lowest BCUT2D eigenvalue weighted by Crippen LogP contribution is -2.16. The van der Waals surface area contributed by atoms with Crippen LogP contribution in [0.15, 0.2) is 53.7 Å². The summed E-state index contributed by atoms with van der Waals surface area (Å²) in [5, 5.41) is 12.6. The maximum absolute atomic E-state index is 12.6. The Morgan fingerprint density at radius 1 is 1.03 bits per heavy atom. The monoisotopic (exact) mass is 477 g/mol. The second-order valence-corrected chi connectivity index (χ2v) is 10.7. The number of amides is 2. The van der Waals surface area contributed by atoms with Gasteiger partial charge in [0.1, 0.15) is 0 Å². The maximum Gasteiger partial charge on any atom is 0.248 e. The molecule has 1 aromatic heterocycles. The molecule has 0 aliphatic heterocycles. The van der Waals surface area contributed by atoms with E-state index in [-0.39, 0.29) is 17.1 Å². The molecule has 0 radical (unpaired) electrons. The first-order chi connectivity index (χ1) is 16.2. The maximum atomic E-state index is 12.6. The van der Waals surface area contributed by atoms with E-state index in [2.05, 4.69) is 65.1 Å². The van der Waals surface area contributed by atoms with Gasteiger partial charge in [-0.15, -0.1) is 10.2 Å². The summed E-state index contributed by atoms with van der Waals surface area (Å²) in [6.45, 7) is 6.61. The predicted octanol–water partition coefficient (Wildman–Crippen LogP) is 5.19. The number of benzene rings is 2. The first kappa shape index (κ1) is 24.0. The number of thioether (sulfide) groups is 1. The smallest absolute Gasteiger partial charge is 0.248 e. The fraction of sp³-hybridized carbons (Fsp3) is 0.385. The zero-order valence-corrected chi connectivity index (χ0v) is 20.7. The summed E-state index contributed by atoms with van der Waals surface area (Å²) < 4.78 is 2.22. The highest BCUT2D eigenvalue weighted by atomic mass is 32.2. The number of hydrogen-bond acceptors (Lipinski definition) is 5. The van der Waals surface area contributed by atoms with E-state index < -0.39 is 5.91 Å². The van der Waals surface area contributed by atoms with Crippen LogP contribution in [-0.4, -0.2) is 32.3 Å². The number of nitrogens with one attached hydrogen (secondary N) is 1. The van der Waals surface area contributed by atoms with Crippen molar-refractivity contribution in [1.29, 1.82) is 0 Å². The van der Waals surface area contributed by atoms with Crippen molar-refractivity contribution in [2.24, 2.45) is 5.73 Å². The molecule has 7 nitrogen and oxygen atoms in total. The summed E-state index contributed by atoms with van der Waals surface area (Å²) in [6.07, 6.45) is 4.57. The van der Waals surface area contributed by atoms with Crippen molar-refractivity contribution < 1.29 is 9.59 Å². The van der Waals surface area contributed by atoms with Crippen LogP contribution in [0, 0.1) is 0 Å². The Balaban J connectivity index is 1.50. The molecule has 2 aromatic carbocycles. The van der Waals surface area contributed by atoms with Crippen molar-refractivity contribution in [1.82, 2.24) is 14.8 Å². The molecular weight excluding hydrogens is 446 g/mol. The molecule has 0 unspecified atom stereocenters. The standard InChI is InChI=1S/C26H31N5O2S/c1-26(2,3)19-12-8-18(9-13-19)24-29-30-25(31(24)21-6-4-5-7-21)34-16-22(32)28-20-14-10-17(11-15-20)23(27)33/h8-15,21H,4-7,16H2,1-3H3,(H2,27,33)(H,28,32). The summed E-state index contributed by atoms with van der Waals surface area (Å²) in [5.41, 5.74) is 8.70. The normalized spacial score (nSPS) is 14.3. The fourth-order valence-electron chi connectivity index (χ4n) is 4.23. The second-order valence-electron chi connectivity index (χ2n) is 9.72.